The molecule has 1 aromatic rings. The largest absolute Gasteiger partial charge is 0.411 e. The second-order valence-electron chi connectivity index (χ2n) is 3.47. The normalized spacial score (nSPS) is 14.1. The number of benzene rings is 1. The van der Waals surface area contributed by atoms with Crippen LogP contribution >= 0.6 is 0 Å². The fourth-order valence-corrected chi connectivity index (χ4v) is 2.08. The van der Waals surface area contributed by atoms with Gasteiger partial charge in [0.15, 0.2) is 0 Å². The van der Waals surface area contributed by atoms with E-state index in [1.54, 1.807) is 6.07 Å². The van der Waals surface area contributed by atoms with Crippen LogP contribution in [-0.2, 0) is 0 Å². The van der Waals surface area contributed by atoms with Crippen molar-refractivity contribution in [2.75, 3.05) is 0 Å². The molecule has 1 atom stereocenters. The molecule has 0 amide bonds. The van der Waals surface area contributed by atoms with Crippen LogP contribution in [0.5, 0.6) is 0 Å². The van der Waals surface area contributed by atoms with Crippen LogP contribution in [0.25, 0.3) is 0 Å². The molecule has 16 heavy (non-hydrogen) atoms. The standard InChI is InChI=1S/C10H11F5Si/c11-10(12,13)9(6-7-16(14)15)8-4-2-1-3-5-8/h1-5,9,16H,6-7H2. The van der Waals surface area contributed by atoms with Crippen molar-refractivity contribution in [2.45, 2.75) is 24.6 Å². The van der Waals surface area contributed by atoms with Crippen molar-refractivity contribution in [1.82, 2.24) is 0 Å². The minimum atomic E-state index is -4.45. The molecule has 0 saturated heterocycles. The third-order valence-electron chi connectivity index (χ3n) is 2.27. The zero-order valence-corrected chi connectivity index (χ0v) is 9.50. The lowest BCUT2D eigenvalue weighted by atomic mass is 9.96. The molecule has 0 aromatic heterocycles. The van der Waals surface area contributed by atoms with E-state index in [0.717, 1.165) is 0 Å². The Morgan fingerprint density at radius 3 is 2.06 bits per heavy atom. The molecule has 90 valence electrons. The maximum absolute atomic E-state index is 12.6. The number of halogens is 5. The van der Waals surface area contributed by atoms with Gasteiger partial charge in [0, 0.05) is 0 Å². The average molecular weight is 254 g/mol. The van der Waals surface area contributed by atoms with E-state index in [2.05, 4.69) is 0 Å². The topological polar surface area (TPSA) is 0 Å². The number of rotatable bonds is 4. The highest BCUT2D eigenvalue weighted by atomic mass is 28.4. The van der Waals surface area contributed by atoms with E-state index >= 15 is 0 Å². The highest BCUT2D eigenvalue weighted by Crippen LogP contribution is 2.38. The summed E-state index contributed by atoms with van der Waals surface area (Å²) < 4.78 is 62.0. The second kappa shape index (κ2) is 5.43. The van der Waals surface area contributed by atoms with E-state index in [-0.39, 0.29) is 5.56 Å². The van der Waals surface area contributed by atoms with Crippen molar-refractivity contribution in [3.8, 4) is 0 Å². The summed E-state index contributed by atoms with van der Waals surface area (Å²) in [5.41, 5.74) is 0.0599. The van der Waals surface area contributed by atoms with E-state index in [1.807, 2.05) is 0 Å². The van der Waals surface area contributed by atoms with Gasteiger partial charge in [-0.2, -0.15) is 13.2 Å². The first-order valence-electron chi connectivity index (χ1n) is 4.81. The quantitative estimate of drug-likeness (QED) is 0.434. The summed E-state index contributed by atoms with van der Waals surface area (Å²) in [5, 5.41) is 0. The minimum Gasteiger partial charge on any atom is -0.275 e. The van der Waals surface area contributed by atoms with Gasteiger partial charge in [-0.3, -0.25) is 8.22 Å². The highest BCUT2D eigenvalue weighted by molar-refractivity contribution is 6.42. The van der Waals surface area contributed by atoms with Crippen LogP contribution in [0.1, 0.15) is 17.9 Å². The fraction of sp³-hybridized carbons (Fsp3) is 0.400. The molecule has 0 aliphatic carbocycles. The lowest BCUT2D eigenvalue weighted by molar-refractivity contribution is -0.151. The Hall–Kier alpha value is -0.913. The van der Waals surface area contributed by atoms with Gasteiger partial charge in [-0.25, -0.2) is 0 Å². The van der Waals surface area contributed by atoms with Crippen molar-refractivity contribution in [3.63, 3.8) is 0 Å². The monoisotopic (exact) mass is 254 g/mol. The fourth-order valence-electron chi connectivity index (χ4n) is 1.50. The van der Waals surface area contributed by atoms with Gasteiger partial charge in [0.25, 0.3) is 0 Å². The van der Waals surface area contributed by atoms with Crippen LogP contribution in [0, 0.1) is 0 Å². The Balaban J connectivity index is 2.81. The molecular weight excluding hydrogens is 243 g/mol. The molecule has 0 nitrogen and oxygen atoms in total. The third-order valence-corrected chi connectivity index (χ3v) is 3.04. The van der Waals surface area contributed by atoms with Crippen molar-refractivity contribution in [2.24, 2.45) is 0 Å². The van der Waals surface area contributed by atoms with Crippen LogP contribution in [0.4, 0.5) is 21.4 Å². The SMILES string of the molecule is F[SiH](F)CCC(c1ccccc1)C(F)(F)F. The van der Waals surface area contributed by atoms with Crippen LogP contribution in [0.15, 0.2) is 30.3 Å². The minimum absolute atomic E-state index is 0.0599. The summed E-state index contributed by atoms with van der Waals surface area (Å²) in [4.78, 5) is 0. The Labute approximate surface area is 92.0 Å². The Bertz CT molecular complexity index is 309. The average Bonchev–Trinajstić information content (AvgIpc) is 2.17. The predicted octanol–water partition coefficient (Wildman–Crippen LogP) is 3.88. The summed E-state index contributed by atoms with van der Waals surface area (Å²) >= 11 is 0. The molecule has 0 N–H and O–H groups in total. The summed E-state index contributed by atoms with van der Waals surface area (Å²) in [6.07, 6.45) is -4.97. The molecule has 0 aliphatic heterocycles. The van der Waals surface area contributed by atoms with Gasteiger partial charge in [-0.1, -0.05) is 30.3 Å². The Morgan fingerprint density at radius 2 is 1.62 bits per heavy atom. The van der Waals surface area contributed by atoms with E-state index in [1.165, 1.54) is 24.3 Å². The van der Waals surface area contributed by atoms with E-state index in [0.29, 0.717) is 0 Å². The first-order chi connectivity index (χ1) is 7.41. The Morgan fingerprint density at radius 1 is 1.06 bits per heavy atom. The third kappa shape index (κ3) is 3.92. The molecule has 0 heterocycles. The van der Waals surface area contributed by atoms with Crippen LogP contribution in [-0.4, -0.2) is 15.6 Å². The number of alkyl halides is 3. The van der Waals surface area contributed by atoms with E-state index < -0.39 is 34.0 Å². The van der Waals surface area contributed by atoms with Gasteiger partial charge >= 0.3 is 15.6 Å². The van der Waals surface area contributed by atoms with Crippen molar-refractivity contribution >= 4 is 9.46 Å². The number of hydrogen-bond donors (Lipinski definition) is 0. The van der Waals surface area contributed by atoms with Gasteiger partial charge in [0.05, 0.1) is 5.92 Å². The zero-order valence-electron chi connectivity index (χ0n) is 8.35. The first kappa shape index (κ1) is 13.2. The van der Waals surface area contributed by atoms with Gasteiger partial charge in [0.2, 0.25) is 0 Å². The predicted molar refractivity (Wildman–Crippen MR) is 54.0 cm³/mol. The van der Waals surface area contributed by atoms with Gasteiger partial charge in [0.1, 0.15) is 0 Å². The molecule has 1 rings (SSSR count). The molecule has 0 fully saturated rings. The van der Waals surface area contributed by atoms with Crippen LogP contribution in [0.2, 0.25) is 6.04 Å². The van der Waals surface area contributed by atoms with Crippen molar-refractivity contribution in [1.29, 1.82) is 0 Å². The maximum Gasteiger partial charge on any atom is 0.411 e. The van der Waals surface area contributed by atoms with Gasteiger partial charge < -0.3 is 0 Å². The van der Waals surface area contributed by atoms with Gasteiger partial charge in [-0.05, 0) is 18.0 Å². The van der Waals surface area contributed by atoms with Crippen LogP contribution in [0.3, 0.4) is 0 Å². The zero-order chi connectivity index (χ0) is 12.2. The Kier molecular flexibility index (Phi) is 4.46. The van der Waals surface area contributed by atoms with E-state index in [9.17, 15) is 21.4 Å². The molecule has 0 radical (unpaired) electrons. The lowest BCUT2D eigenvalue weighted by Crippen LogP contribution is -2.21. The molecule has 0 aliphatic rings. The molecule has 1 unspecified atom stereocenters. The highest BCUT2D eigenvalue weighted by Gasteiger charge is 2.40. The van der Waals surface area contributed by atoms with Crippen molar-refractivity contribution < 1.29 is 21.4 Å². The summed E-state index contributed by atoms with van der Waals surface area (Å²) in [6, 6.07) is 6.61. The first-order valence-corrected chi connectivity index (χ1v) is 6.50. The molecule has 0 spiro atoms. The maximum atomic E-state index is 12.6. The second-order valence-corrected chi connectivity index (χ2v) is 4.83. The molecule has 1 aromatic carbocycles. The lowest BCUT2D eigenvalue weighted by Gasteiger charge is -2.20. The number of hydrogen-bond acceptors (Lipinski definition) is 0. The molecule has 6 heteroatoms. The molecule has 0 saturated carbocycles. The van der Waals surface area contributed by atoms with E-state index in [4.69, 9.17) is 0 Å². The molecular formula is C10H11F5Si. The summed E-state index contributed by atoms with van der Waals surface area (Å²) in [5.74, 6) is -1.77. The van der Waals surface area contributed by atoms with Crippen molar-refractivity contribution in [3.05, 3.63) is 35.9 Å². The summed E-state index contributed by atoms with van der Waals surface area (Å²) in [6.45, 7) is 0. The smallest absolute Gasteiger partial charge is 0.275 e. The molecule has 0 bridgehead atoms. The van der Waals surface area contributed by atoms with Gasteiger partial charge in [-0.15, -0.1) is 0 Å². The summed E-state index contributed by atoms with van der Waals surface area (Å²) in [7, 11) is -3.92. The van der Waals surface area contributed by atoms with Crippen LogP contribution < -0.4 is 0 Å².